The van der Waals surface area contributed by atoms with E-state index in [1.807, 2.05) is 0 Å². The van der Waals surface area contributed by atoms with Crippen molar-refractivity contribution in [1.82, 2.24) is 10.2 Å². The number of fused-ring (bicyclic) bond motifs is 1. The van der Waals surface area contributed by atoms with E-state index in [4.69, 9.17) is 11.6 Å². The first-order chi connectivity index (χ1) is 16.1. The van der Waals surface area contributed by atoms with E-state index >= 15 is 0 Å². The fourth-order valence-corrected chi connectivity index (χ4v) is 7.33. The van der Waals surface area contributed by atoms with E-state index in [2.05, 4.69) is 63.1 Å². The van der Waals surface area contributed by atoms with Crippen LogP contribution in [0.1, 0.15) is 79.6 Å². The highest BCUT2D eigenvalue weighted by Gasteiger charge is 2.39. The molecule has 3 aliphatic carbocycles. The molecule has 2 N–H and O–H groups in total. The molecule has 3 nitrogen and oxygen atoms in total. The predicted octanol–water partition coefficient (Wildman–Crippen LogP) is 6.33. The second kappa shape index (κ2) is 11.2. The molecule has 0 spiro atoms. The standard InChI is InChI=1S/C30H49ClN2O/c1-20(2)28(32-17-22-6-7-24-14-21(3)15-29(34)26(24)16-22)18-33-13-12-27(30(4,5)19-33)23-8-10-25(31)11-9-23/h6-8,20-21,25-29,32,34H,9-19H2,1-5H3/t21?,25?,26?,27?,28-,29?/m0/s1. The number of allylic oxidation sites excluding steroid dienone is 4. The molecule has 6 atom stereocenters. The smallest absolute Gasteiger partial charge is 0.0611 e. The molecule has 0 aromatic carbocycles. The Morgan fingerprint density at radius 3 is 2.65 bits per heavy atom. The van der Waals surface area contributed by atoms with Crippen LogP contribution in [-0.2, 0) is 0 Å². The SMILES string of the molecule is CC1CC2=CC=C(CN[C@@H](CN3CCC(C4=CCC(Cl)CC4)C(C)(C)C3)C(C)C)CC2C(O)C1. The number of piperidine rings is 1. The van der Waals surface area contributed by atoms with Gasteiger partial charge in [-0.05, 0) is 74.7 Å². The van der Waals surface area contributed by atoms with Gasteiger partial charge in [0.1, 0.15) is 0 Å². The Labute approximate surface area is 214 Å². The highest BCUT2D eigenvalue weighted by molar-refractivity contribution is 6.20. The van der Waals surface area contributed by atoms with Crippen molar-refractivity contribution in [3.05, 3.63) is 34.9 Å². The van der Waals surface area contributed by atoms with Crippen LogP contribution < -0.4 is 5.32 Å². The van der Waals surface area contributed by atoms with E-state index in [-0.39, 0.29) is 6.10 Å². The van der Waals surface area contributed by atoms with Gasteiger partial charge in [0.2, 0.25) is 0 Å². The average molecular weight is 489 g/mol. The molecule has 34 heavy (non-hydrogen) atoms. The molecule has 0 bridgehead atoms. The summed E-state index contributed by atoms with van der Waals surface area (Å²) in [6.45, 7) is 16.3. The number of likely N-dealkylation sites (tertiary alicyclic amines) is 1. The molecular formula is C30H49ClN2O. The minimum absolute atomic E-state index is 0.169. The summed E-state index contributed by atoms with van der Waals surface area (Å²) in [4.78, 5) is 2.71. The zero-order chi connectivity index (χ0) is 24.5. The van der Waals surface area contributed by atoms with Gasteiger partial charge in [-0.2, -0.15) is 0 Å². The normalized spacial score (nSPS) is 35.3. The van der Waals surface area contributed by atoms with Crippen LogP contribution in [0.2, 0.25) is 0 Å². The van der Waals surface area contributed by atoms with Crippen LogP contribution >= 0.6 is 11.6 Å². The summed E-state index contributed by atoms with van der Waals surface area (Å²) in [5.74, 6) is 2.25. The van der Waals surface area contributed by atoms with Crippen molar-refractivity contribution >= 4 is 11.6 Å². The Balaban J connectivity index is 1.32. The number of hydrogen-bond acceptors (Lipinski definition) is 3. The van der Waals surface area contributed by atoms with E-state index in [1.54, 1.807) is 5.57 Å². The number of alkyl halides is 1. The van der Waals surface area contributed by atoms with Crippen LogP contribution in [0, 0.1) is 29.1 Å². The lowest BCUT2D eigenvalue weighted by Crippen LogP contribution is -2.52. The number of nitrogens with one attached hydrogen (secondary N) is 1. The van der Waals surface area contributed by atoms with Crippen molar-refractivity contribution in [2.45, 2.75) is 97.1 Å². The molecule has 1 saturated carbocycles. The highest BCUT2D eigenvalue weighted by atomic mass is 35.5. The molecule has 4 aliphatic rings. The quantitative estimate of drug-likeness (QED) is 0.324. The number of aliphatic hydroxyl groups excluding tert-OH is 1. The van der Waals surface area contributed by atoms with Crippen molar-refractivity contribution in [2.24, 2.45) is 29.1 Å². The van der Waals surface area contributed by atoms with Gasteiger partial charge in [0.15, 0.2) is 0 Å². The second-order valence-electron chi connectivity index (χ2n) is 12.9. The molecule has 0 radical (unpaired) electrons. The first-order valence-corrected chi connectivity index (χ1v) is 14.4. The largest absolute Gasteiger partial charge is 0.392 e. The van der Waals surface area contributed by atoms with Gasteiger partial charge in [-0.15, -0.1) is 11.6 Å². The van der Waals surface area contributed by atoms with E-state index in [0.717, 1.165) is 45.2 Å². The van der Waals surface area contributed by atoms with Crippen LogP contribution in [0.5, 0.6) is 0 Å². The van der Waals surface area contributed by atoms with Crippen LogP contribution in [0.3, 0.4) is 0 Å². The Hall–Kier alpha value is -0.610. The molecule has 1 heterocycles. The van der Waals surface area contributed by atoms with Crippen LogP contribution in [-0.4, -0.2) is 53.7 Å². The molecule has 0 aromatic rings. The summed E-state index contributed by atoms with van der Waals surface area (Å²) in [6, 6.07) is 0.487. The lowest BCUT2D eigenvalue weighted by Gasteiger charge is -2.47. The second-order valence-corrected chi connectivity index (χ2v) is 13.6. The first-order valence-electron chi connectivity index (χ1n) is 14.0. The van der Waals surface area contributed by atoms with Gasteiger partial charge in [-0.25, -0.2) is 0 Å². The summed E-state index contributed by atoms with van der Waals surface area (Å²) >= 11 is 6.36. The third-order valence-corrected chi connectivity index (χ3v) is 9.57. The van der Waals surface area contributed by atoms with Crippen LogP contribution in [0.4, 0.5) is 0 Å². The van der Waals surface area contributed by atoms with Gasteiger partial charge in [-0.1, -0.05) is 69.6 Å². The zero-order valence-corrected chi connectivity index (χ0v) is 23.1. The Bertz CT molecular complexity index is 798. The monoisotopic (exact) mass is 488 g/mol. The summed E-state index contributed by atoms with van der Waals surface area (Å²) in [7, 11) is 0. The van der Waals surface area contributed by atoms with Crippen LogP contribution in [0.25, 0.3) is 0 Å². The lowest BCUT2D eigenvalue weighted by molar-refractivity contribution is 0.0599. The first kappa shape index (κ1) is 26.5. The Kier molecular flexibility index (Phi) is 8.71. The topological polar surface area (TPSA) is 35.5 Å². The molecule has 1 saturated heterocycles. The van der Waals surface area contributed by atoms with Crippen molar-refractivity contribution < 1.29 is 5.11 Å². The molecule has 2 fully saturated rings. The molecule has 5 unspecified atom stereocenters. The summed E-state index contributed by atoms with van der Waals surface area (Å²) in [5.41, 5.74) is 4.91. The van der Waals surface area contributed by atoms with Gasteiger partial charge in [0.05, 0.1) is 6.10 Å². The van der Waals surface area contributed by atoms with Crippen molar-refractivity contribution in [3.8, 4) is 0 Å². The Morgan fingerprint density at radius 2 is 1.97 bits per heavy atom. The molecule has 4 heteroatoms. The van der Waals surface area contributed by atoms with Crippen molar-refractivity contribution in [3.63, 3.8) is 0 Å². The average Bonchev–Trinajstić information content (AvgIpc) is 2.77. The summed E-state index contributed by atoms with van der Waals surface area (Å²) < 4.78 is 0. The molecule has 4 rings (SSSR count). The zero-order valence-electron chi connectivity index (χ0n) is 22.3. The third-order valence-electron chi connectivity index (χ3n) is 9.17. The predicted molar refractivity (Wildman–Crippen MR) is 145 cm³/mol. The molecular weight excluding hydrogens is 440 g/mol. The minimum atomic E-state index is -0.169. The maximum absolute atomic E-state index is 10.6. The van der Waals surface area contributed by atoms with Gasteiger partial charge >= 0.3 is 0 Å². The molecule has 192 valence electrons. The minimum Gasteiger partial charge on any atom is -0.392 e. The number of nitrogens with zero attached hydrogens (tertiary/aromatic N) is 1. The van der Waals surface area contributed by atoms with Crippen molar-refractivity contribution in [2.75, 3.05) is 26.2 Å². The molecule has 0 amide bonds. The van der Waals surface area contributed by atoms with E-state index < -0.39 is 0 Å². The van der Waals surface area contributed by atoms with Crippen LogP contribution in [0.15, 0.2) is 34.9 Å². The van der Waals surface area contributed by atoms with Gasteiger partial charge in [0.25, 0.3) is 0 Å². The fraction of sp³-hybridized carbons (Fsp3) is 0.800. The van der Waals surface area contributed by atoms with E-state index in [0.29, 0.717) is 40.5 Å². The maximum atomic E-state index is 10.6. The highest BCUT2D eigenvalue weighted by Crippen LogP contribution is 2.43. The maximum Gasteiger partial charge on any atom is 0.0611 e. The number of aliphatic hydroxyl groups is 1. The van der Waals surface area contributed by atoms with Crippen molar-refractivity contribution in [1.29, 1.82) is 0 Å². The molecule has 0 aromatic heterocycles. The third kappa shape index (κ3) is 6.38. The van der Waals surface area contributed by atoms with Gasteiger partial charge < -0.3 is 15.3 Å². The lowest BCUT2D eigenvalue weighted by atomic mass is 9.68. The number of rotatable bonds is 7. The van der Waals surface area contributed by atoms with Gasteiger partial charge in [0, 0.05) is 37.0 Å². The van der Waals surface area contributed by atoms with E-state index in [9.17, 15) is 5.11 Å². The number of hydrogen-bond donors (Lipinski definition) is 2. The molecule has 1 aliphatic heterocycles. The fourth-order valence-electron chi connectivity index (χ4n) is 7.13. The van der Waals surface area contributed by atoms with E-state index in [1.165, 1.54) is 37.1 Å². The van der Waals surface area contributed by atoms with Gasteiger partial charge in [-0.3, -0.25) is 0 Å². The Morgan fingerprint density at radius 1 is 1.18 bits per heavy atom. The summed E-state index contributed by atoms with van der Waals surface area (Å²) in [6.07, 6.45) is 14.7. The summed E-state index contributed by atoms with van der Waals surface area (Å²) in [5, 5.41) is 14.9. The number of halogens is 1.